The van der Waals surface area contributed by atoms with Crippen LogP contribution in [0, 0.1) is 6.92 Å². The van der Waals surface area contributed by atoms with Gasteiger partial charge in [-0.25, -0.2) is 5.43 Å². The van der Waals surface area contributed by atoms with Crippen LogP contribution in [0.25, 0.3) is 11.3 Å². The minimum atomic E-state index is -0.229. The number of benzene rings is 2. The van der Waals surface area contributed by atoms with Gasteiger partial charge in [0.25, 0.3) is 5.91 Å². The molecule has 1 aliphatic heterocycles. The number of nitrogens with one attached hydrogen (secondary N) is 1. The van der Waals surface area contributed by atoms with Crippen molar-refractivity contribution < 1.29 is 4.79 Å². The molecule has 0 atom stereocenters. The summed E-state index contributed by atoms with van der Waals surface area (Å²) in [6.07, 6.45) is 9.11. The van der Waals surface area contributed by atoms with Gasteiger partial charge < -0.3 is 9.47 Å². The van der Waals surface area contributed by atoms with E-state index in [1.807, 2.05) is 53.4 Å². The number of aromatic nitrogens is 1. The minimum absolute atomic E-state index is 0.0139. The lowest BCUT2D eigenvalue weighted by Crippen LogP contribution is -2.45. The number of allylic oxidation sites excluding steroid dienone is 1. The SMILES string of the molecule is CCCN1c2cc(C)c(/C=N/NC(=O)c3ccc(-n4cccc4)cc3)cc2C(C)=CC1(C)C. The topological polar surface area (TPSA) is 49.6 Å². The fourth-order valence-corrected chi connectivity index (χ4v) is 4.53. The van der Waals surface area contributed by atoms with Gasteiger partial charge in [-0.3, -0.25) is 4.79 Å². The highest BCUT2D eigenvalue weighted by molar-refractivity contribution is 5.95. The number of anilines is 1. The monoisotopic (exact) mass is 440 g/mol. The molecule has 2 heterocycles. The fourth-order valence-electron chi connectivity index (χ4n) is 4.53. The van der Waals surface area contributed by atoms with Crippen molar-refractivity contribution in [3.63, 3.8) is 0 Å². The van der Waals surface area contributed by atoms with E-state index >= 15 is 0 Å². The zero-order valence-corrected chi connectivity index (χ0v) is 20.1. The van der Waals surface area contributed by atoms with Crippen LogP contribution >= 0.6 is 0 Å². The second-order valence-electron chi connectivity index (χ2n) is 9.19. The van der Waals surface area contributed by atoms with E-state index < -0.39 is 0 Å². The maximum absolute atomic E-state index is 12.5. The molecule has 0 unspecified atom stereocenters. The predicted molar refractivity (Wildman–Crippen MR) is 137 cm³/mol. The number of fused-ring (bicyclic) bond motifs is 1. The average molecular weight is 441 g/mol. The van der Waals surface area contributed by atoms with Crippen molar-refractivity contribution in [1.29, 1.82) is 0 Å². The number of carbonyl (C=O) groups is 1. The Morgan fingerprint density at radius 2 is 1.79 bits per heavy atom. The lowest BCUT2D eigenvalue weighted by molar-refractivity contribution is 0.0955. The van der Waals surface area contributed by atoms with Crippen LogP contribution in [0.3, 0.4) is 0 Å². The molecule has 170 valence electrons. The van der Waals surface area contributed by atoms with Gasteiger partial charge in [-0.05, 0) is 99.3 Å². The zero-order chi connectivity index (χ0) is 23.6. The van der Waals surface area contributed by atoms with Gasteiger partial charge in [0.2, 0.25) is 0 Å². The molecule has 4 rings (SSSR count). The molecule has 5 nitrogen and oxygen atoms in total. The molecule has 2 aromatic carbocycles. The predicted octanol–water partition coefficient (Wildman–Crippen LogP) is 5.96. The highest BCUT2D eigenvalue weighted by atomic mass is 16.2. The van der Waals surface area contributed by atoms with Crippen LogP contribution in [0.1, 0.15) is 61.2 Å². The summed E-state index contributed by atoms with van der Waals surface area (Å²) in [6, 6.07) is 15.8. The third-order valence-electron chi connectivity index (χ3n) is 6.21. The van der Waals surface area contributed by atoms with Gasteiger partial charge in [0.05, 0.1) is 11.8 Å². The quantitative estimate of drug-likeness (QED) is 0.380. The van der Waals surface area contributed by atoms with Crippen molar-refractivity contribution in [2.24, 2.45) is 5.10 Å². The number of hydrogen-bond acceptors (Lipinski definition) is 3. The maximum atomic E-state index is 12.5. The first-order valence-electron chi connectivity index (χ1n) is 11.5. The van der Waals surface area contributed by atoms with Gasteiger partial charge in [-0.15, -0.1) is 0 Å². The molecule has 1 N–H and O–H groups in total. The van der Waals surface area contributed by atoms with Gasteiger partial charge in [-0.1, -0.05) is 13.0 Å². The van der Waals surface area contributed by atoms with Gasteiger partial charge in [-0.2, -0.15) is 5.10 Å². The Hall–Kier alpha value is -3.60. The fraction of sp³-hybridized carbons (Fsp3) is 0.286. The van der Waals surface area contributed by atoms with E-state index in [0.717, 1.165) is 29.8 Å². The van der Waals surface area contributed by atoms with Gasteiger partial charge >= 0.3 is 0 Å². The maximum Gasteiger partial charge on any atom is 0.271 e. The van der Waals surface area contributed by atoms with E-state index in [9.17, 15) is 4.79 Å². The summed E-state index contributed by atoms with van der Waals surface area (Å²) >= 11 is 0. The second-order valence-corrected chi connectivity index (χ2v) is 9.19. The van der Waals surface area contributed by atoms with Crippen molar-refractivity contribution in [2.45, 2.75) is 46.6 Å². The Morgan fingerprint density at radius 1 is 1.09 bits per heavy atom. The Labute approximate surface area is 196 Å². The molecule has 1 aromatic heterocycles. The number of hydrogen-bond donors (Lipinski definition) is 1. The Morgan fingerprint density at radius 3 is 2.45 bits per heavy atom. The molecule has 33 heavy (non-hydrogen) atoms. The molecule has 0 saturated heterocycles. The van der Waals surface area contributed by atoms with Crippen molar-refractivity contribution in [2.75, 3.05) is 11.4 Å². The molecular formula is C28H32N4O. The van der Waals surface area contributed by atoms with Crippen LogP contribution in [0.4, 0.5) is 5.69 Å². The normalized spacial score (nSPS) is 14.8. The third-order valence-corrected chi connectivity index (χ3v) is 6.21. The number of aryl methyl sites for hydroxylation is 1. The Balaban J connectivity index is 1.51. The summed E-state index contributed by atoms with van der Waals surface area (Å²) in [5.74, 6) is -0.229. The van der Waals surface area contributed by atoms with Crippen LogP contribution in [0.2, 0.25) is 0 Å². The number of rotatable bonds is 6. The molecular weight excluding hydrogens is 408 g/mol. The van der Waals surface area contributed by atoms with Crippen molar-refractivity contribution in [3.8, 4) is 5.69 Å². The first kappa shape index (κ1) is 22.6. The molecule has 1 aliphatic rings. The molecule has 0 aliphatic carbocycles. The van der Waals surface area contributed by atoms with E-state index in [0.29, 0.717) is 5.56 Å². The summed E-state index contributed by atoms with van der Waals surface area (Å²) < 4.78 is 2.00. The second kappa shape index (κ2) is 9.10. The summed E-state index contributed by atoms with van der Waals surface area (Å²) in [5, 5.41) is 4.25. The first-order chi connectivity index (χ1) is 15.8. The lowest BCUT2D eigenvalue weighted by atomic mass is 9.87. The Bertz CT molecular complexity index is 1200. The average Bonchev–Trinajstić information content (AvgIpc) is 3.32. The molecule has 0 bridgehead atoms. The zero-order valence-electron chi connectivity index (χ0n) is 20.1. The van der Waals surface area contributed by atoms with Crippen LogP contribution in [0.15, 0.2) is 72.1 Å². The lowest BCUT2D eigenvalue weighted by Gasteiger charge is -2.43. The minimum Gasteiger partial charge on any atom is -0.362 e. The Kier molecular flexibility index (Phi) is 6.23. The number of hydrazone groups is 1. The molecule has 3 aromatic rings. The third kappa shape index (κ3) is 4.63. The van der Waals surface area contributed by atoms with E-state index in [1.54, 1.807) is 6.21 Å². The standard InChI is InChI=1S/C28H32N4O/c1-6-13-32-26-16-20(2)23(17-25(26)21(3)18-28(32,4)5)19-29-30-27(33)22-9-11-24(12-10-22)31-14-7-8-15-31/h7-12,14-19H,6,13H2,1-5H3,(H,30,33)/b29-19+. The summed E-state index contributed by atoms with van der Waals surface area (Å²) in [6.45, 7) is 12.0. The van der Waals surface area contributed by atoms with E-state index in [4.69, 9.17) is 0 Å². The van der Waals surface area contributed by atoms with Crippen LogP contribution < -0.4 is 10.3 Å². The van der Waals surface area contributed by atoms with Crippen molar-refractivity contribution >= 4 is 23.4 Å². The number of carbonyl (C=O) groups excluding carboxylic acids is 1. The molecule has 0 radical (unpaired) electrons. The van der Waals surface area contributed by atoms with Crippen molar-refractivity contribution in [3.05, 3.63) is 89.3 Å². The molecule has 1 amide bonds. The van der Waals surface area contributed by atoms with Crippen molar-refractivity contribution in [1.82, 2.24) is 9.99 Å². The first-order valence-corrected chi connectivity index (χ1v) is 11.5. The van der Waals surface area contributed by atoms with Gasteiger partial charge in [0.15, 0.2) is 0 Å². The van der Waals surface area contributed by atoms with Gasteiger partial charge in [0.1, 0.15) is 0 Å². The molecule has 0 spiro atoms. The van der Waals surface area contributed by atoms with Crippen LogP contribution in [0.5, 0.6) is 0 Å². The van der Waals surface area contributed by atoms with E-state index in [-0.39, 0.29) is 11.4 Å². The summed E-state index contributed by atoms with van der Waals surface area (Å²) in [7, 11) is 0. The highest BCUT2D eigenvalue weighted by Gasteiger charge is 2.31. The van der Waals surface area contributed by atoms with Crippen LogP contribution in [-0.2, 0) is 0 Å². The summed E-state index contributed by atoms with van der Waals surface area (Å²) in [5.41, 5.74) is 10.1. The van der Waals surface area contributed by atoms with Crippen LogP contribution in [-0.4, -0.2) is 28.8 Å². The smallest absolute Gasteiger partial charge is 0.271 e. The molecule has 0 fully saturated rings. The van der Waals surface area contributed by atoms with E-state index in [1.165, 1.54) is 16.8 Å². The number of nitrogens with zero attached hydrogens (tertiary/aromatic N) is 3. The summed E-state index contributed by atoms with van der Waals surface area (Å²) in [4.78, 5) is 15.0. The number of amides is 1. The molecule has 0 saturated carbocycles. The van der Waals surface area contributed by atoms with Gasteiger partial charge in [0, 0.05) is 41.4 Å². The highest BCUT2D eigenvalue weighted by Crippen LogP contribution is 2.40. The van der Waals surface area contributed by atoms with E-state index in [2.05, 4.69) is 68.3 Å². The molecule has 5 heteroatoms. The largest absolute Gasteiger partial charge is 0.362 e.